The molecule has 0 radical (unpaired) electrons. The first-order valence-electron chi connectivity index (χ1n) is 18.0. The van der Waals surface area contributed by atoms with Gasteiger partial charge < -0.3 is 15.2 Å². The van der Waals surface area contributed by atoms with Gasteiger partial charge in [0, 0.05) is 50.5 Å². The number of allylic oxidation sites excluding steroid dienone is 8. The highest BCUT2D eigenvalue weighted by Crippen LogP contribution is 2.42. The van der Waals surface area contributed by atoms with E-state index in [1.54, 1.807) is 11.8 Å². The van der Waals surface area contributed by atoms with Crippen molar-refractivity contribution in [3.63, 3.8) is 0 Å². The van der Waals surface area contributed by atoms with E-state index in [0.717, 1.165) is 84.8 Å². The van der Waals surface area contributed by atoms with Crippen LogP contribution in [-0.4, -0.2) is 54.0 Å². The first-order valence-corrected chi connectivity index (χ1v) is 18.0. The van der Waals surface area contributed by atoms with Crippen molar-refractivity contribution in [2.75, 3.05) is 26.2 Å². The lowest BCUT2D eigenvalue weighted by molar-refractivity contribution is -0.136. The van der Waals surface area contributed by atoms with Crippen molar-refractivity contribution in [3.8, 4) is 0 Å². The molecular formula is C41H62FN3O2. The Morgan fingerprint density at radius 1 is 0.872 bits per heavy atom. The summed E-state index contributed by atoms with van der Waals surface area (Å²) < 4.78 is 15.1. The molecule has 0 bridgehead atoms. The Morgan fingerprint density at radius 3 is 1.98 bits per heavy atom. The number of piperazine rings is 1. The topological polar surface area (TPSA) is 64.5 Å². The van der Waals surface area contributed by atoms with Gasteiger partial charge in [0.15, 0.2) is 0 Å². The zero-order valence-electron chi connectivity index (χ0n) is 31.1. The number of amides is 2. The first-order chi connectivity index (χ1) is 22.7. The van der Waals surface area contributed by atoms with Gasteiger partial charge in [-0.1, -0.05) is 78.7 Å². The summed E-state index contributed by atoms with van der Waals surface area (Å²) in [6.45, 7) is 21.8. The second kappa shape index (κ2) is 22.1. The standard InChI is InChI=1S/C37H50FN3O2.2C2H6/c1-7-10-14-30(37(43)41-22-20-40(21-23-41)28(6)42)19-18-29(9-3)31(15-11-8-2)32-16-12-13-17-33(32)36-27(5)35(38)24-26(4)34(36)25-39;2*1-2/h9,14-15,18-19,24-25,39H,7-8,10-13,16-17,20-23H2,1-6H3;2*1-2H3/b19-18-,29-9+,30-14-,31-15+,39-25?;;. The van der Waals surface area contributed by atoms with Crippen LogP contribution in [0.1, 0.15) is 129 Å². The minimum atomic E-state index is -0.228. The van der Waals surface area contributed by atoms with Crippen LogP contribution in [0.25, 0.3) is 5.57 Å². The largest absolute Gasteiger partial charge is 0.339 e. The van der Waals surface area contributed by atoms with Crippen molar-refractivity contribution in [3.05, 3.63) is 86.8 Å². The molecule has 1 aromatic rings. The molecule has 5 nitrogen and oxygen atoms in total. The van der Waals surface area contributed by atoms with Gasteiger partial charge in [-0.3, -0.25) is 9.59 Å². The molecule has 0 saturated carbocycles. The van der Waals surface area contributed by atoms with Crippen molar-refractivity contribution in [1.82, 2.24) is 9.80 Å². The fraction of sp³-hybridized carbons (Fsp3) is 0.537. The van der Waals surface area contributed by atoms with Crippen LogP contribution in [0, 0.1) is 25.1 Å². The number of aryl methyl sites for hydroxylation is 1. The normalized spacial score (nSPS) is 16.0. The van der Waals surface area contributed by atoms with Gasteiger partial charge in [-0.25, -0.2) is 4.39 Å². The molecule has 0 aromatic heterocycles. The quantitative estimate of drug-likeness (QED) is 0.148. The summed E-state index contributed by atoms with van der Waals surface area (Å²) in [6.07, 6.45) is 19.3. The van der Waals surface area contributed by atoms with Crippen LogP contribution in [-0.2, 0) is 9.59 Å². The molecule has 1 fully saturated rings. The van der Waals surface area contributed by atoms with Gasteiger partial charge in [0.25, 0.3) is 5.91 Å². The van der Waals surface area contributed by atoms with Gasteiger partial charge in [0.2, 0.25) is 5.91 Å². The van der Waals surface area contributed by atoms with E-state index in [2.05, 4.69) is 32.1 Å². The van der Waals surface area contributed by atoms with E-state index in [1.165, 1.54) is 17.9 Å². The van der Waals surface area contributed by atoms with E-state index in [9.17, 15) is 9.59 Å². The highest BCUT2D eigenvalue weighted by atomic mass is 19.1. The number of carbonyl (C=O) groups is 2. The molecule has 1 aromatic carbocycles. The molecule has 1 N–H and O–H groups in total. The Balaban J connectivity index is 0.00000265. The number of hydrogen-bond donors (Lipinski definition) is 1. The average Bonchev–Trinajstić information content (AvgIpc) is 3.10. The second-order valence-corrected chi connectivity index (χ2v) is 11.6. The molecule has 0 atom stereocenters. The minimum Gasteiger partial charge on any atom is -0.339 e. The fourth-order valence-electron chi connectivity index (χ4n) is 6.11. The molecule has 1 heterocycles. The third-order valence-electron chi connectivity index (χ3n) is 8.62. The van der Waals surface area contributed by atoms with Crippen molar-refractivity contribution < 1.29 is 14.0 Å². The molecule has 0 unspecified atom stereocenters. The summed E-state index contributed by atoms with van der Waals surface area (Å²) in [5.74, 6) is -0.179. The van der Waals surface area contributed by atoms with E-state index in [-0.39, 0.29) is 17.6 Å². The number of hydrogen-bond acceptors (Lipinski definition) is 3. The maximum Gasteiger partial charge on any atom is 0.253 e. The van der Waals surface area contributed by atoms with Crippen molar-refractivity contribution >= 4 is 23.6 Å². The lowest BCUT2D eigenvalue weighted by atomic mass is 9.78. The number of nitrogens with one attached hydrogen (secondary N) is 1. The number of benzene rings is 1. The third-order valence-corrected chi connectivity index (χ3v) is 8.62. The van der Waals surface area contributed by atoms with Crippen LogP contribution in [0.2, 0.25) is 0 Å². The number of nitrogens with zero attached hydrogens (tertiary/aromatic N) is 2. The SMILES string of the molecule is C/C=C(\C=C/C(=C/CCC)C(=O)N1CCN(C(C)=O)CC1)C(=C\CCC)/C1=C(c2c(C)c(F)cc(C)c2C=N)CCCC1.CC.CC. The highest BCUT2D eigenvalue weighted by Gasteiger charge is 2.26. The molecular weight excluding hydrogens is 585 g/mol. The lowest BCUT2D eigenvalue weighted by Gasteiger charge is -2.34. The maximum absolute atomic E-state index is 15.1. The Morgan fingerprint density at radius 2 is 1.43 bits per heavy atom. The Bertz CT molecular complexity index is 1350. The average molecular weight is 648 g/mol. The number of unbranched alkanes of at least 4 members (excludes halogenated alkanes) is 2. The van der Waals surface area contributed by atoms with Crippen LogP contribution in [0.5, 0.6) is 0 Å². The van der Waals surface area contributed by atoms with Crippen LogP contribution >= 0.6 is 0 Å². The molecule has 1 aliphatic heterocycles. The molecule has 260 valence electrons. The number of carbonyl (C=O) groups excluding carboxylic acids is 2. The first kappa shape index (κ1) is 41.5. The Labute approximate surface area is 285 Å². The molecule has 1 saturated heterocycles. The summed E-state index contributed by atoms with van der Waals surface area (Å²) in [6, 6.07) is 1.54. The monoisotopic (exact) mass is 647 g/mol. The molecule has 6 heteroatoms. The lowest BCUT2D eigenvalue weighted by Crippen LogP contribution is -2.50. The molecule has 0 spiro atoms. The van der Waals surface area contributed by atoms with Crippen LogP contribution in [0.4, 0.5) is 4.39 Å². The molecule has 2 aliphatic rings. The summed E-state index contributed by atoms with van der Waals surface area (Å²) in [5.41, 5.74) is 8.27. The minimum absolute atomic E-state index is 0.00139. The predicted molar refractivity (Wildman–Crippen MR) is 200 cm³/mol. The van der Waals surface area contributed by atoms with Crippen molar-refractivity contribution in [1.29, 1.82) is 5.41 Å². The van der Waals surface area contributed by atoms with Gasteiger partial charge in [0.05, 0.1) is 0 Å². The number of halogens is 1. The summed E-state index contributed by atoms with van der Waals surface area (Å²) in [5, 5.41) is 8.17. The van der Waals surface area contributed by atoms with Gasteiger partial charge in [0.1, 0.15) is 5.82 Å². The van der Waals surface area contributed by atoms with Crippen LogP contribution in [0.3, 0.4) is 0 Å². The van der Waals surface area contributed by atoms with Gasteiger partial charge in [-0.2, -0.15) is 0 Å². The smallest absolute Gasteiger partial charge is 0.253 e. The van der Waals surface area contributed by atoms with Crippen molar-refractivity contribution in [2.45, 2.75) is 121 Å². The zero-order valence-corrected chi connectivity index (χ0v) is 31.1. The van der Waals surface area contributed by atoms with E-state index in [0.29, 0.717) is 37.3 Å². The van der Waals surface area contributed by atoms with Gasteiger partial charge in [-0.05, 0) is 110 Å². The zero-order chi connectivity index (χ0) is 35.5. The van der Waals surface area contributed by atoms with Crippen molar-refractivity contribution in [2.24, 2.45) is 0 Å². The van der Waals surface area contributed by atoms with Crippen LogP contribution in [0.15, 0.2) is 58.7 Å². The van der Waals surface area contributed by atoms with E-state index >= 15 is 4.39 Å². The number of rotatable bonds is 11. The molecule has 2 amide bonds. The Hall–Kier alpha value is -3.54. The third kappa shape index (κ3) is 11.3. The van der Waals surface area contributed by atoms with E-state index < -0.39 is 0 Å². The summed E-state index contributed by atoms with van der Waals surface area (Å²) in [4.78, 5) is 29.1. The maximum atomic E-state index is 15.1. The van der Waals surface area contributed by atoms with Gasteiger partial charge in [-0.15, -0.1) is 0 Å². The highest BCUT2D eigenvalue weighted by molar-refractivity contribution is 5.96. The molecule has 47 heavy (non-hydrogen) atoms. The summed E-state index contributed by atoms with van der Waals surface area (Å²) >= 11 is 0. The molecule has 1 aliphatic carbocycles. The van der Waals surface area contributed by atoms with Crippen LogP contribution < -0.4 is 0 Å². The van der Waals surface area contributed by atoms with E-state index in [1.807, 2.05) is 65.5 Å². The Kier molecular flexibility index (Phi) is 19.5. The predicted octanol–water partition coefficient (Wildman–Crippen LogP) is 10.5. The molecule has 3 rings (SSSR count). The second-order valence-electron chi connectivity index (χ2n) is 11.6. The van der Waals surface area contributed by atoms with Gasteiger partial charge >= 0.3 is 0 Å². The van der Waals surface area contributed by atoms with E-state index in [4.69, 9.17) is 5.41 Å². The fourth-order valence-corrected chi connectivity index (χ4v) is 6.11. The summed E-state index contributed by atoms with van der Waals surface area (Å²) in [7, 11) is 0.